The van der Waals surface area contributed by atoms with E-state index in [-0.39, 0.29) is 18.1 Å². The molecule has 0 radical (unpaired) electrons. The van der Waals surface area contributed by atoms with Crippen LogP contribution < -0.4 is 10.6 Å². The number of anilines is 2. The van der Waals surface area contributed by atoms with Gasteiger partial charge in [-0.3, -0.25) is 14.9 Å². The lowest BCUT2D eigenvalue weighted by molar-refractivity contribution is -0.136. The SMILES string of the molecule is CCCCCCCCc1cc(F)ccc1NCc1ccc(C(=O)Nc2nc(CC(=O)O)cs2)cc1. The Balaban J connectivity index is 1.52. The molecule has 6 nitrogen and oxygen atoms in total. The zero-order chi connectivity index (χ0) is 25.0. The predicted molar refractivity (Wildman–Crippen MR) is 139 cm³/mol. The van der Waals surface area contributed by atoms with Gasteiger partial charge in [0.1, 0.15) is 5.82 Å². The highest BCUT2D eigenvalue weighted by Gasteiger charge is 2.11. The molecule has 2 aromatic carbocycles. The lowest BCUT2D eigenvalue weighted by atomic mass is 10.0. The second kappa shape index (κ2) is 13.6. The summed E-state index contributed by atoms with van der Waals surface area (Å²) in [7, 11) is 0. The topological polar surface area (TPSA) is 91.3 Å². The molecule has 0 atom stereocenters. The smallest absolute Gasteiger partial charge is 0.309 e. The van der Waals surface area contributed by atoms with Gasteiger partial charge in [0.05, 0.1) is 12.1 Å². The minimum absolute atomic E-state index is 0.178. The lowest BCUT2D eigenvalue weighted by Gasteiger charge is -2.13. The van der Waals surface area contributed by atoms with Crippen molar-refractivity contribution in [3.63, 3.8) is 0 Å². The van der Waals surface area contributed by atoms with E-state index in [1.807, 2.05) is 12.1 Å². The van der Waals surface area contributed by atoms with Crippen molar-refractivity contribution in [1.82, 2.24) is 4.98 Å². The number of carbonyl (C=O) groups excluding carboxylic acids is 1. The van der Waals surface area contributed by atoms with Gasteiger partial charge < -0.3 is 10.4 Å². The number of amides is 1. The van der Waals surface area contributed by atoms with Crippen LogP contribution in [-0.4, -0.2) is 22.0 Å². The van der Waals surface area contributed by atoms with Gasteiger partial charge in [0.2, 0.25) is 0 Å². The van der Waals surface area contributed by atoms with Gasteiger partial charge in [0.15, 0.2) is 5.13 Å². The highest BCUT2D eigenvalue weighted by atomic mass is 32.1. The van der Waals surface area contributed by atoms with Gasteiger partial charge in [-0.15, -0.1) is 11.3 Å². The molecule has 1 aromatic heterocycles. The monoisotopic (exact) mass is 497 g/mol. The number of carboxylic acid groups (broad SMARTS) is 1. The maximum absolute atomic E-state index is 13.8. The maximum atomic E-state index is 13.8. The van der Waals surface area contributed by atoms with Crippen LogP contribution in [0.4, 0.5) is 15.2 Å². The van der Waals surface area contributed by atoms with Crippen molar-refractivity contribution < 1.29 is 19.1 Å². The number of unbranched alkanes of at least 4 members (excludes halogenated alkanes) is 5. The number of rotatable bonds is 14. The van der Waals surface area contributed by atoms with Gasteiger partial charge in [-0.1, -0.05) is 51.2 Å². The van der Waals surface area contributed by atoms with E-state index >= 15 is 0 Å². The van der Waals surface area contributed by atoms with Crippen LogP contribution in [0.25, 0.3) is 0 Å². The second-order valence-electron chi connectivity index (χ2n) is 8.54. The van der Waals surface area contributed by atoms with Gasteiger partial charge in [-0.25, -0.2) is 9.37 Å². The summed E-state index contributed by atoms with van der Waals surface area (Å²) in [6.45, 7) is 2.76. The van der Waals surface area contributed by atoms with E-state index < -0.39 is 5.97 Å². The highest BCUT2D eigenvalue weighted by Crippen LogP contribution is 2.22. The van der Waals surface area contributed by atoms with Gasteiger partial charge >= 0.3 is 5.97 Å². The van der Waals surface area contributed by atoms with E-state index in [2.05, 4.69) is 22.5 Å². The molecular formula is C27H32FN3O3S. The number of thiazole rings is 1. The van der Waals surface area contributed by atoms with E-state index in [1.165, 1.54) is 43.1 Å². The Hall–Kier alpha value is -3.26. The van der Waals surface area contributed by atoms with Crippen molar-refractivity contribution in [3.8, 4) is 0 Å². The molecule has 35 heavy (non-hydrogen) atoms. The summed E-state index contributed by atoms with van der Waals surface area (Å²) in [5.74, 6) is -1.49. The molecule has 3 aromatic rings. The van der Waals surface area contributed by atoms with Gasteiger partial charge in [0, 0.05) is 23.2 Å². The summed E-state index contributed by atoms with van der Waals surface area (Å²) in [5, 5.41) is 16.9. The van der Waals surface area contributed by atoms with Crippen molar-refractivity contribution in [2.45, 2.75) is 64.8 Å². The summed E-state index contributed by atoms with van der Waals surface area (Å²) in [6, 6.07) is 12.1. The van der Waals surface area contributed by atoms with E-state index in [9.17, 15) is 14.0 Å². The largest absolute Gasteiger partial charge is 0.481 e. The summed E-state index contributed by atoms with van der Waals surface area (Å²) >= 11 is 1.19. The van der Waals surface area contributed by atoms with E-state index in [4.69, 9.17) is 5.11 Å². The van der Waals surface area contributed by atoms with Crippen molar-refractivity contribution in [2.24, 2.45) is 0 Å². The first-order chi connectivity index (χ1) is 16.9. The third-order valence-corrected chi connectivity index (χ3v) is 6.48. The molecule has 0 bridgehead atoms. The average molecular weight is 498 g/mol. The Morgan fingerprint density at radius 3 is 2.51 bits per heavy atom. The molecule has 3 N–H and O–H groups in total. The standard InChI is InChI=1S/C27H32FN3O3S/c1-2-3-4-5-6-7-8-21-15-22(28)13-14-24(21)29-17-19-9-11-20(12-10-19)26(34)31-27-30-23(18-35-27)16-25(32)33/h9-15,18,29H,2-8,16-17H2,1H3,(H,32,33)(H,30,31,34). The van der Waals surface area contributed by atoms with Crippen molar-refractivity contribution >= 4 is 34.0 Å². The number of hydrogen-bond acceptors (Lipinski definition) is 5. The molecule has 0 saturated carbocycles. The van der Waals surface area contributed by atoms with Crippen LogP contribution >= 0.6 is 11.3 Å². The Morgan fingerprint density at radius 1 is 1.03 bits per heavy atom. The normalized spacial score (nSPS) is 10.8. The first-order valence-electron chi connectivity index (χ1n) is 12.0. The summed E-state index contributed by atoms with van der Waals surface area (Å²) in [6.07, 6.45) is 7.84. The molecule has 0 aliphatic heterocycles. The number of benzene rings is 2. The van der Waals surface area contributed by atoms with Crippen LogP contribution in [0.3, 0.4) is 0 Å². The number of carboxylic acids is 1. The molecule has 8 heteroatoms. The van der Waals surface area contributed by atoms with Crippen LogP contribution in [0.15, 0.2) is 47.8 Å². The fourth-order valence-corrected chi connectivity index (χ4v) is 4.48. The molecular weight excluding hydrogens is 465 g/mol. The number of nitrogens with zero attached hydrogens (tertiary/aromatic N) is 1. The number of hydrogen-bond donors (Lipinski definition) is 3. The Morgan fingerprint density at radius 2 is 1.77 bits per heavy atom. The van der Waals surface area contributed by atoms with E-state index in [0.717, 1.165) is 36.1 Å². The van der Waals surface area contributed by atoms with Crippen LogP contribution in [0.2, 0.25) is 0 Å². The Labute approximate surface area is 209 Å². The van der Waals surface area contributed by atoms with Gasteiger partial charge in [-0.05, 0) is 54.3 Å². The van der Waals surface area contributed by atoms with Crippen molar-refractivity contribution in [3.05, 3.63) is 76.0 Å². The first-order valence-corrected chi connectivity index (χ1v) is 12.9. The Kier molecular flexibility index (Phi) is 10.2. The van der Waals surface area contributed by atoms with Crippen LogP contribution in [-0.2, 0) is 24.2 Å². The number of aromatic nitrogens is 1. The minimum atomic E-state index is -0.965. The summed E-state index contributed by atoms with van der Waals surface area (Å²) in [4.78, 5) is 27.4. The summed E-state index contributed by atoms with van der Waals surface area (Å²) in [5.41, 5.74) is 3.81. The molecule has 0 saturated heterocycles. The fourth-order valence-electron chi connectivity index (χ4n) is 3.78. The first kappa shape index (κ1) is 26.3. The third-order valence-electron chi connectivity index (χ3n) is 5.67. The minimum Gasteiger partial charge on any atom is -0.481 e. The van der Waals surface area contributed by atoms with Crippen LogP contribution in [0, 0.1) is 5.82 Å². The molecule has 3 rings (SSSR count). The molecule has 0 unspecified atom stereocenters. The Bertz CT molecular complexity index is 1120. The van der Waals surface area contributed by atoms with Crippen LogP contribution in [0.1, 0.15) is 72.6 Å². The third kappa shape index (κ3) is 8.79. The lowest BCUT2D eigenvalue weighted by Crippen LogP contribution is -2.12. The molecule has 0 aliphatic carbocycles. The number of aliphatic carboxylic acids is 1. The predicted octanol–water partition coefficient (Wildman–Crippen LogP) is 6.68. The molecule has 186 valence electrons. The number of aryl methyl sites for hydroxylation is 1. The number of carbonyl (C=O) groups is 2. The molecule has 0 aliphatic rings. The average Bonchev–Trinajstić information content (AvgIpc) is 3.27. The van der Waals surface area contributed by atoms with Gasteiger partial charge in [0.25, 0.3) is 5.91 Å². The fraction of sp³-hybridized carbons (Fsp3) is 0.370. The maximum Gasteiger partial charge on any atom is 0.309 e. The zero-order valence-electron chi connectivity index (χ0n) is 20.0. The van der Waals surface area contributed by atoms with Crippen LogP contribution in [0.5, 0.6) is 0 Å². The van der Waals surface area contributed by atoms with Crippen molar-refractivity contribution in [1.29, 1.82) is 0 Å². The van der Waals surface area contributed by atoms with E-state index in [0.29, 0.717) is 22.9 Å². The molecule has 1 amide bonds. The quantitative estimate of drug-likeness (QED) is 0.216. The molecule has 0 fully saturated rings. The number of halogens is 1. The molecule has 0 spiro atoms. The number of nitrogens with one attached hydrogen (secondary N) is 2. The van der Waals surface area contributed by atoms with Crippen molar-refractivity contribution in [2.75, 3.05) is 10.6 Å². The van der Waals surface area contributed by atoms with Gasteiger partial charge in [-0.2, -0.15) is 0 Å². The molecule has 1 heterocycles. The second-order valence-corrected chi connectivity index (χ2v) is 9.40. The van der Waals surface area contributed by atoms with E-state index in [1.54, 1.807) is 29.6 Å². The zero-order valence-corrected chi connectivity index (χ0v) is 20.8. The highest BCUT2D eigenvalue weighted by molar-refractivity contribution is 7.14. The summed E-state index contributed by atoms with van der Waals surface area (Å²) < 4.78 is 13.8.